The van der Waals surface area contributed by atoms with Crippen molar-refractivity contribution >= 4 is 28.9 Å². The normalized spacial score (nSPS) is 13.9. The maximum atomic E-state index is 9.37. The average molecular weight is 298 g/mol. The fourth-order valence-electron chi connectivity index (χ4n) is 1.85. The van der Waals surface area contributed by atoms with Crippen LogP contribution in [-0.2, 0) is 11.8 Å². The zero-order valence-corrected chi connectivity index (χ0v) is 13.6. The summed E-state index contributed by atoms with van der Waals surface area (Å²) < 4.78 is 0. The molecule has 0 radical (unpaired) electrons. The number of hydrogen-bond donors (Lipinski definition) is 2. The summed E-state index contributed by atoms with van der Waals surface area (Å²) in [6.45, 7) is 4.38. The van der Waals surface area contributed by atoms with Gasteiger partial charge in [-0.15, -0.1) is 0 Å². The van der Waals surface area contributed by atoms with Gasteiger partial charge in [0.25, 0.3) is 0 Å². The van der Waals surface area contributed by atoms with E-state index in [0.717, 1.165) is 25.7 Å². The molecule has 2 N–H and O–H groups in total. The fourth-order valence-corrected chi connectivity index (χ4v) is 5.68. The minimum atomic E-state index is -3.07. The summed E-state index contributed by atoms with van der Waals surface area (Å²) in [4.78, 5) is 18.7. The van der Waals surface area contributed by atoms with Gasteiger partial charge in [0.15, 0.2) is 0 Å². The molecule has 104 valence electrons. The molecule has 1 unspecified atom stereocenters. The van der Waals surface area contributed by atoms with Gasteiger partial charge in [-0.05, 0) is 24.6 Å². The van der Waals surface area contributed by atoms with Crippen molar-refractivity contribution in [3.63, 3.8) is 0 Å². The standard InChI is InChI=1S/C12H27O2PS2/c1-3-5-7-8-9-11-12(10-6-4-2)17-15(13,14)16/h12H,3-11H2,1-2H3,(H2,13,14,16). The van der Waals surface area contributed by atoms with Crippen molar-refractivity contribution in [2.75, 3.05) is 0 Å². The second-order valence-corrected chi connectivity index (χ2v) is 10.8. The van der Waals surface area contributed by atoms with Crippen molar-refractivity contribution in [3.8, 4) is 0 Å². The van der Waals surface area contributed by atoms with Gasteiger partial charge in [-0.1, -0.05) is 70.2 Å². The molecule has 0 saturated carbocycles. The highest BCUT2D eigenvalue weighted by Gasteiger charge is 2.17. The Morgan fingerprint density at radius 2 is 1.47 bits per heavy atom. The van der Waals surface area contributed by atoms with Crippen LogP contribution in [0.5, 0.6) is 0 Å². The van der Waals surface area contributed by atoms with Crippen LogP contribution in [0.1, 0.15) is 71.6 Å². The largest absolute Gasteiger partial charge is 0.338 e. The van der Waals surface area contributed by atoms with Gasteiger partial charge in [0.05, 0.1) is 0 Å². The molecule has 0 aromatic carbocycles. The molecular weight excluding hydrogens is 271 g/mol. The summed E-state index contributed by atoms with van der Waals surface area (Å²) in [7, 11) is 0. The Morgan fingerprint density at radius 3 is 2.00 bits per heavy atom. The van der Waals surface area contributed by atoms with Crippen LogP contribution < -0.4 is 0 Å². The van der Waals surface area contributed by atoms with E-state index in [1.807, 2.05) is 0 Å². The van der Waals surface area contributed by atoms with Gasteiger partial charge >= 0.3 is 0 Å². The van der Waals surface area contributed by atoms with Crippen LogP contribution in [0, 0.1) is 0 Å². The highest BCUT2D eigenvalue weighted by Crippen LogP contribution is 2.54. The second-order valence-electron chi connectivity index (χ2n) is 4.56. The topological polar surface area (TPSA) is 40.5 Å². The number of rotatable bonds is 11. The number of unbranched alkanes of at least 4 members (excludes halogenated alkanes) is 5. The molecule has 5 heteroatoms. The maximum Gasteiger partial charge on any atom is 0.242 e. The molecule has 0 amide bonds. The van der Waals surface area contributed by atoms with Gasteiger partial charge in [0.2, 0.25) is 5.69 Å². The van der Waals surface area contributed by atoms with Crippen molar-refractivity contribution in [2.24, 2.45) is 0 Å². The smallest absolute Gasteiger partial charge is 0.242 e. The zero-order valence-electron chi connectivity index (χ0n) is 11.1. The molecule has 0 aliphatic heterocycles. The Labute approximate surface area is 116 Å². The third kappa shape index (κ3) is 13.2. The van der Waals surface area contributed by atoms with Crippen LogP contribution in [0.3, 0.4) is 0 Å². The molecule has 1 atom stereocenters. The molecule has 0 heterocycles. The fraction of sp³-hybridized carbons (Fsp3) is 1.00. The van der Waals surface area contributed by atoms with Gasteiger partial charge in [-0.2, -0.15) is 0 Å². The first-order valence-electron chi connectivity index (χ1n) is 6.73. The van der Waals surface area contributed by atoms with Gasteiger partial charge in [-0.25, -0.2) is 0 Å². The van der Waals surface area contributed by atoms with E-state index in [0.29, 0.717) is 5.25 Å². The first-order chi connectivity index (χ1) is 7.99. The summed E-state index contributed by atoms with van der Waals surface area (Å²) in [6, 6.07) is 0. The Balaban J connectivity index is 3.81. The van der Waals surface area contributed by atoms with Crippen LogP contribution in [0.4, 0.5) is 0 Å². The molecule has 0 spiro atoms. The maximum absolute atomic E-state index is 9.37. The van der Waals surface area contributed by atoms with Gasteiger partial charge in [-0.3, -0.25) is 0 Å². The van der Waals surface area contributed by atoms with E-state index in [9.17, 15) is 9.79 Å². The summed E-state index contributed by atoms with van der Waals surface area (Å²) in [6.07, 6.45) is 10.8. The summed E-state index contributed by atoms with van der Waals surface area (Å²) >= 11 is 5.96. The van der Waals surface area contributed by atoms with E-state index in [1.54, 1.807) is 0 Å². The van der Waals surface area contributed by atoms with Gasteiger partial charge in [0, 0.05) is 5.25 Å². The Kier molecular flexibility index (Phi) is 11.4. The van der Waals surface area contributed by atoms with Crippen LogP contribution >= 0.6 is 17.1 Å². The lowest BCUT2D eigenvalue weighted by Crippen LogP contribution is -2.02. The third-order valence-corrected chi connectivity index (χ3v) is 6.33. The molecule has 0 saturated heterocycles. The summed E-state index contributed by atoms with van der Waals surface area (Å²) in [5.41, 5.74) is -3.07. The van der Waals surface area contributed by atoms with Crippen molar-refractivity contribution in [3.05, 3.63) is 0 Å². The van der Waals surface area contributed by atoms with E-state index in [1.165, 1.54) is 43.5 Å². The van der Waals surface area contributed by atoms with E-state index in [2.05, 4.69) is 13.8 Å². The van der Waals surface area contributed by atoms with E-state index in [4.69, 9.17) is 11.8 Å². The van der Waals surface area contributed by atoms with Gasteiger partial charge < -0.3 is 9.79 Å². The minimum Gasteiger partial charge on any atom is -0.338 e. The summed E-state index contributed by atoms with van der Waals surface area (Å²) in [5, 5.41) is 0.345. The molecular formula is C12H27O2PS2. The molecule has 0 aromatic heterocycles. The first-order valence-corrected chi connectivity index (χ1v) is 10.9. The quantitative estimate of drug-likeness (QED) is 0.422. The van der Waals surface area contributed by atoms with E-state index >= 15 is 0 Å². The van der Waals surface area contributed by atoms with Crippen molar-refractivity contribution in [1.82, 2.24) is 0 Å². The van der Waals surface area contributed by atoms with Crippen molar-refractivity contribution < 1.29 is 9.79 Å². The number of hydrogen-bond acceptors (Lipinski definition) is 2. The second kappa shape index (κ2) is 10.8. The highest BCUT2D eigenvalue weighted by molar-refractivity contribution is 8.67. The lowest BCUT2D eigenvalue weighted by molar-refractivity contribution is 0.500. The van der Waals surface area contributed by atoms with E-state index in [-0.39, 0.29) is 0 Å². The van der Waals surface area contributed by atoms with Gasteiger partial charge in [0.1, 0.15) is 0 Å². The van der Waals surface area contributed by atoms with Crippen LogP contribution in [0.25, 0.3) is 0 Å². The van der Waals surface area contributed by atoms with Crippen LogP contribution in [0.15, 0.2) is 0 Å². The van der Waals surface area contributed by atoms with Crippen LogP contribution in [-0.4, -0.2) is 15.0 Å². The Bertz CT molecular complexity index is 219. The molecule has 0 aromatic rings. The molecule has 0 rings (SSSR count). The Hall–Kier alpha value is 0.920. The first kappa shape index (κ1) is 17.9. The molecule has 0 fully saturated rings. The predicted molar refractivity (Wildman–Crippen MR) is 83.0 cm³/mol. The molecule has 17 heavy (non-hydrogen) atoms. The lowest BCUT2D eigenvalue weighted by atomic mass is 10.1. The molecule has 0 bridgehead atoms. The molecule has 2 nitrogen and oxygen atoms in total. The zero-order chi connectivity index (χ0) is 13.1. The molecule has 0 aliphatic carbocycles. The van der Waals surface area contributed by atoms with E-state index < -0.39 is 5.69 Å². The van der Waals surface area contributed by atoms with Crippen LogP contribution in [0.2, 0.25) is 0 Å². The molecule has 0 aliphatic rings. The SMILES string of the molecule is CCCCCCCC(CCCC)SP(O)(O)=S. The third-order valence-electron chi connectivity index (χ3n) is 2.80. The van der Waals surface area contributed by atoms with Crippen molar-refractivity contribution in [1.29, 1.82) is 0 Å². The monoisotopic (exact) mass is 298 g/mol. The average Bonchev–Trinajstić information content (AvgIpc) is 2.23. The summed E-state index contributed by atoms with van der Waals surface area (Å²) in [5.74, 6) is 0. The lowest BCUT2D eigenvalue weighted by Gasteiger charge is -2.18. The highest BCUT2D eigenvalue weighted by atomic mass is 32.9. The minimum absolute atomic E-state index is 0.345. The Morgan fingerprint density at radius 1 is 0.941 bits per heavy atom. The van der Waals surface area contributed by atoms with Crippen molar-refractivity contribution in [2.45, 2.75) is 76.9 Å². The predicted octanol–water partition coefficient (Wildman–Crippen LogP) is 4.85.